The highest BCUT2D eigenvalue weighted by Gasteiger charge is 2.20. The fourth-order valence-electron chi connectivity index (χ4n) is 3.90. The Morgan fingerprint density at radius 2 is 1.74 bits per heavy atom. The molecule has 4 aromatic rings. The molecule has 0 spiro atoms. The number of amides is 1. The average Bonchev–Trinajstić information content (AvgIpc) is 2.89. The third-order valence-corrected chi connectivity index (χ3v) is 7.41. The summed E-state index contributed by atoms with van der Waals surface area (Å²) in [5, 5.41) is 23.6. The van der Waals surface area contributed by atoms with E-state index in [-0.39, 0.29) is 22.0 Å². The summed E-state index contributed by atoms with van der Waals surface area (Å²) in [5.41, 5.74) is 1.07. The van der Waals surface area contributed by atoms with Crippen LogP contribution in [-0.4, -0.2) is 30.6 Å². The molecular formula is C27H23Cl2N3O6S. The van der Waals surface area contributed by atoms with E-state index in [1.807, 2.05) is 6.92 Å². The SMILES string of the molecule is CCOc1cc(NC(=O)c2cc3ccccc3c(N=Nc3cc(Cl)c(S(=O)(=O)O)cc3CC)c2O)ccc1Cl. The van der Waals surface area contributed by atoms with Crippen LogP contribution in [0.1, 0.15) is 29.8 Å². The van der Waals surface area contributed by atoms with Gasteiger partial charge in [0.05, 0.1) is 27.9 Å². The third kappa shape index (κ3) is 6.15. The number of carbonyl (C=O) groups is 1. The Hall–Kier alpha value is -3.70. The number of carbonyl (C=O) groups excluding carboxylic acids is 1. The molecule has 0 heterocycles. The Balaban J connectivity index is 1.78. The number of rotatable bonds is 8. The molecular weight excluding hydrogens is 565 g/mol. The molecule has 4 aromatic carbocycles. The second-order valence-electron chi connectivity index (χ2n) is 8.31. The number of phenols is 1. The standard InChI is InChI=1S/C27H23Cl2N3O6S/c1-3-15-12-24(39(35,36)37)21(29)14-22(15)31-32-25-18-8-6-5-7-16(18)11-19(26(25)33)27(34)30-17-9-10-20(28)23(13-17)38-4-2/h5-14,33H,3-4H2,1-2H3,(H,30,34)(H,35,36,37). The van der Waals surface area contributed by atoms with Crippen LogP contribution in [0, 0.1) is 0 Å². The molecule has 0 saturated carbocycles. The third-order valence-electron chi connectivity index (χ3n) is 5.78. The molecule has 39 heavy (non-hydrogen) atoms. The molecule has 12 heteroatoms. The zero-order chi connectivity index (χ0) is 28.3. The Kier molecular flexibility index (Phi) is 8.41. The number of aromatic hydroxyl groups is 1. The largest absolute Gasteiger partial charge is 0.505 e. The predicted octanol–water partition coefficient (Wildman–Crippen LogP) is 7.73. The van der Waals surface area contributed by atoms with Gasteiger partial charge in [-0.15, -0.1) is 5.11 Å². The van der Waals surface area contributed by atoms with Crippen molar-refractivity contribution >= 4 is 67.1 Å². The minimum Gasteiger partial charge on any atom is -0.505 e. The van der Waals surface area contributed by atoms with Gasteiger partial charge in [-0.3, -0.25) is 9.35 Å². The van der Waals surface area contributed by atoms with Crippen molar-refractivity contribution in [1.82, 2.24) is 0 Å². The van der Waals surface area contributed by atoms with E-state index in [2.05, 4.69) is 15.5 Å². The molecule has 202 valence electrons. The Labute approximate surface area is 234 Å². The lowest BCUT2D eigenvalue weighted by molar-refractivity contribution is 0.102. The number of anilines is 1. The molecule has 0 aliphatic carbocycles. The fourth-order valence-corrected chi connectivity index (χ4v) is 5.12. The van der Waals surface area contributed by atoms with Crippen LogP contribution in [0.5, 0.6) is 11.5 Å². The van der Waals surface area contributed by atoms with Gasteiger partial charge in [0.1, 0.15) is 16.3 Å². The number of nitrogens with zero attached hydrogens (tertiary/aromatic N) is 2. The van der Waals surface area contributed by atoms with Gasteiger partial charge < -0.3 is 15.2 Å². The number of fused-ring (bicyclic) bond motifs is 1. The lowest BCUT2D eigenvalue weighted by Crippen LogP contribution is -2.12. The number of azo groups is 1. The molecule has 0 atom stereocenters. The molecule has 9 nitrogen and oxygen atoms in total. The van der Waals surface area contributed by atoms with E-state index in [9.17, 15) is 22.9 Å². The first-order valence-corrected chi connectivity index (χ1v) is 13.9. The Morgan fingerprint density at radius 1 is 1.00 bits per heavy atom. The van der Waals surface area contributed by atoms with Crippen LogP contribution >= 0.6 is 23.2 Å². The fraction of sp³-hybridized carbons (Fsp3) is 0.148. The van der Waals surface area contributed by atoms with Gasteiger partial charge in [0.15, 0.2) is 5.75 Å². The molecule has 0 radical (unpaired) electrons. The summed E-state index contributed by atoms with van der Waals surface area (Å²) in [5.74, 6) is -0.610. The van der Waals surface area contributed by atoms with E-state index in [0.717, 1.165) is 0 Å². The lowest BCUT2D eigenvalue weighted by Gasteiger charge is -2.13. The molecule has 0 fully saturated rings. The second kappa shape index (κ2) is 11.6. The number of hydrogen-bond acceptors (Lipinski definition) is 7. The minimum absolute atomic E-state index is 0.0291. The number of benzene rings is 4. The number of halogens is 2. The first-order valence-electron chi connectivity index (χ1n) is 11.7. The average molecular weight is 588 g/mol. The number of hydrogen-bond donors (Lipinski definition) is 3. The maximum Gasteiger partial charge on any atom is 0.296 e. The summed E-state index contributed by atoms with van der Waals surface area (Å²) >= 11 is 12.2. The van der Waals surface area contributed by atoms with Gasteiger partial charge in [-0.1, -0.05) is 54.4 Å². The molecule has 0 aliphatic heterocycles. The zero-order valence-electron chi connectivity index (χ0n) is 20.8. The van der Waals surface area contributed by atoms with Gasteiger partial charge in [0, 0.05) is 17.1 Å². The maximum absolute atomic E-state index is 13.2. The number of nitrogens with one attached hydrogen (secondary N) is 1. The van der Waals surface area contributed by atoms with Crippen molar-refractivity contribution in [2.45, 2.75) is 25.2 Å². The van der Waals surface area contributed by atoms with Gasteiger partial charge in [-0.05, 0) is 54.6 Å². The van der Waals surface area contributed by atoms with Gasteiger partial charge in [0.2, 0.25) is 0 Å². The Bertz CT molecular complexity index is 1720. The zero-order valence-corrected chi connectivity index (χ0v) is 23.1. The molecule has 0 aromatic heterocycles. The highest BCUT2D eigenvalue weighted by molar-refractivity contribution is 7.86. The molecule has 0 saturated heterocycles. The van der Waals surface area contributed by atoms with Crippen LogP contribution in [0.4, 0.5) is 17.1 Å². The molecule has 3 N–H and O–H groups in total. The Morgan fingerprint density at radius 3 is 2.44 bits per heavy atom. The van der Waals surface area contributed by atoms with Crippen LogP contribution < -0.4 is 10.1 Å². The van der Waals surface area contributed by atoms with Crippen LogP contribution in [-0.2, 0) is 16.5 Å². The topological polar surface area (TPSA) is 138 Å². The van der Waals surface area contributed by atoms with Crippen molar-refractivity contribution in [1.29, 1.82) is 0 Å². The lowest BCUT2D eigenvalue weighted by atomic mass is 10.0. The molecule has 4 rings (SSSR count). The van der Waals surface area contributed by atoms with Gasteiger partial charge in [-0.2, -0.15) is 13.5 Å². The first-order chi connectivity index (χ1) is 18.5. The summed E-state index contributed by atoms with van der Waals surface area (Å²) in [6.45, 7) is 3.97. The molecule has 0 unspecified atom stereocenters. The van der Waals surface area contributed by atoms with Crippen molar-refractivity contribution < 1.29 is 27.6 Å². The normalized spacial score (nSPS) is 11.7. The van der Waals surface area contributed by atoms with Crippen molar-refractivity contribution in [3.05, 3.63) is 81.8 Å². The van der Waals surface area contributed by atoms with E-state index in [0.29, 0.717) is 45.8 Å². The quantitative estimate of drug-likeness (QED) is 0.142. The first kappa shape index (κ1) is 28.3. The monoisotopic (exact) mass is 587 g/mol. The number of aryl methyl sites for hydroxylation is 1. The maximum atomic E-state index is 13.2. The van der Waals surface area contributed by atoms with Gasteiger partial charge in [0.25, 0.3) is 16.0 Å². The molecule has 0 aliphatic rings. The second-order valence-corrected chi connectivity index (χ2v) is 10.5. The van der Waals surface area contributed by atoms with Crippen molar-refractivity contribution in [3.63, 3.8) is 0 Å². The number of phenolic OH excluding ortho intramolecular Hbond substituents is 1. The highest BCUT2D eigenvalue weighted by Crippen LogP contribution is 2.41. The van der Waals surface area contributed by atoms with Crippen molar-refractivity contribution in [2.75, 3.05) is 11.9 Å². The summed E-state index contributed by atoms with van der Waals surface area (Å²) in [4.78, 5) is 12.8. The smallest absolute Gasteiger partial charge is 0.296 e. The molecule has 1 amide bonds. The van der Waals surface area contributed by atoms with Crippen LogP contribution in [0.25, 0.3) is 10.8 Å². The summed E-state index contributed by atoms with van der Waals surface area (Å²) in [7, 11) is -4.54. The van der Waals surface area contributed by atoms with Crippen molar-refractivity contribution in [3.8, 4) is 11.5 Å². The minimum atomic E-state index is -4.54. The highest BCUT2D eigenvalue weighted by atomic mass is 35.5. The van der Waals surface area contributed by atoms with E-state index >= 15 is 0 Å². The predicted molar refractivity (Wildman–Crippen MR) is 151 cm³/mol. The summed E-state index contributed by atoms with van der Waals surface area (Å²) in [6, 6.07) is 15.8. The van der Waals surface area contributed by atoms with Crippen molar-refractivity contribution in [2.24, 2.45) is 10.2 Å². The van der Waals surface area contributed by atoms with E-state index in [1.54, 1.807) is 49.4 Å². The van der Waals surface area contributed by atoms with Crippen LogP contribution in [0.2, 0.25) is 10.0 Å². The van der Waals surface area contributed by atoms with E-state index < -0.39 is 26.7 Å². The summed E-state index contributed by atoms with van der Waals surface area (Å²) in [6.07, 6.45) is 0.355. The van der Waals surface area contributed by atoms with Gasteiger partial charge >= 0.3 is 0 Å². The van der Waals surface area contributed by atoms with Crippen LogP contribution in [0.15, 0.2) is 75.8 Å². The van der Waals surface area contributed by atoms with Gasteiger partial charge in [-0.25, -0.2) is 0 Å². The summed E-state index contributed by atoms with van der Waals surface area (Å²) < 4.78 is 38.2. The number of ether oxygens (including phenoxy) is 1. The van der Waals surface area contributed by atoms with E-state index in [1.165, 1.54) is 18.2 Å². The van der Waals surface area contributed by atoms with Crippen LogP contribution in [0.3, 0.4) is 0 Å². The van der Waals surface area contributed by atoms with E-state index in [4.69, 9.17) is 27.9 Å². The molecule has 0 bridgehead atoms.